The number of likely N-dealkylation sites (tertiary alicyclic amines) is 1. The number of piperidine rings is 1. The molecule has 1 aliphatic rings. The van der Waals surface area contributed by atoms with Crippen LogP contribution in [-0.4, -0.2) is 25.0 Å². The summed E-state index contributed by atoms with van der Waals surface area (Å²) in [6.45, 7) is 6.17. The van der Waals surface area contributed by atoms with Crippen LogP contribution in [-0.2, 0) is 0 Å². The molecule has 0 aromatic heterocycles. The molecule has 0 aromatic carbocycles. The number of hydrogen-bond acceptors (Lipinski definition) is 1. The Bertz CT molecular complexity index is 106. The lowest BCUT2D eigenvalue weighted by atomic mass is 10.1. The van der Waals surface area contributed by atoms with Gasteiger partial charge in [-0.2, -0.15) is 0 Å². The van der Waals surface area contributed by atoms with Crippen molar-refractivity contribution in [1.82, 2.24) is 4.90 Å². The van der Waals surface area contributed by atoms with Gasteiger partial charge in [-0.05, 0) is 26.8 Å². The summed E-state index contributed by atoms with van der Waals surface area (Å²) in [5.74, 6) is 0. The molecular formula is C8H14N. The maximum absolute atomic E-state index is 3.75. The Labute approximate surface area is 57.4 Å². The lowest BCUT2D eigenvalue weighted by molar-refractivity contribution is 0.312. The minimum atomic E-state index is 1.21. The monoisotopic (exact) mass is 124 g/mol. The molecule has 1 nitrogen and oxygen atoms in total. The third-order valence-electron chi connectivity index (χ3n) is 1.92. The topological polar surface area (TPSA) is 3.24 Å². The van der Waals surface area contributed by atoms with Crippen molar-refractivity contribution in [2.45, 2.75) is 12.8 Å². The van der Waals surface area contributed by atoms with E-state index in [9.17, 15) is 0 Å². The van der Waals surface area contributed by atoms with Gasteiger partial charge in [0.1, 0.15) is 0 Å². The third kappa shape index (κ3) is 1.83. The zero-order valence-electron chi connectivity index (χ0n) is 6.06. The Morgan fingerprint density at radius 1 is 1.44 bits per heavy atom. The summed E-state index contributed by atoms with van der Waals surface area (Å²) in [7, 11) is 2.17. The zero-order chi connectivity index (χ0) is 6.69. The van der Waals surface area contributed by atoms with Crippen LogP contribution in [0.25, 0.3) is 0 Å². The Hall–Kier alpha value is -0.300. The van der Waals surface area contributed by atoms with Crippen molar-refractivity contribution >= 4 is 0 Å². The Morgan fingerprint density at radius 2 is 2.00 bits per heavy atom. The Balaban J connectivity index is 2.35. The fourth-order valence-electron chi connectivity index (χ4n) is 1.11. The summed E-state index contributed by atoms with van der Waals surface area (Å²) in [5, 5.41) is 0. The van der Waals surface area contributed by atoms with E-state index in [2.05, 4.69) is 18.9 Å². The largest absolute Gasteiger partial charge is 0.306 e. The van der Waals surface area contributed by atoms with Gasteiger partial charge in [-0.1, -0.05) is 11.6 Å². The number of rotatable bonds is 0. The molecule has 0 unspecified atom stereocenters. The first-order valence-corrected chi connectivity index (χ1v) is 3.48. The fraction of sp³-hybridized carbons (Fsp3) is 0.625. The van der Waals surface area contributed by atoms with Crippen molar-refractivity contribution in [3.8, 4) is 0 Å². The maximum Gasteiger partial charge on any atom is 0.00157 e. The van der Waals surface area contributed by atoms with E-state index in [4.69, 9.17) is 0 Å². The summed E-state index contributed by atoms with van der Waals surface area (Å²) in [4.78, 5) is 2.35. The van der Waals surface area contributed by atoms with Crippen LogP contribution in [0.3, 0.4) is 0 Å². The van der Waals surface area contributed by atoms with Gasteiger partial charge in [0.25, 0.3) is 0 Å². The molecule has 0 aromatic rings. The first-order chi connectivity index (χ1) is 4.33. The minimum Gasteiger partial charge on any atom is -0.306 e. The summed E-state index contributed by atoms with van der Waals surface area (Å²) < 4.78 is 0. The fourth-order valence-corrected chi connectivity index (χ4v) is 1.11. The van der Waals surface area contributed by atoms with Crippen molar-refractivity contribution in [3.63, 3.8) is 0 Å². The molecule has 0 amide bonds. The highest BCUT2D eigenvalue weighted by atomic mass is 15.1. The van der Waals surface area contributed by atoms with Crippen LogP contribution >= 0.6 is 0 Å². The van der Waals surface area contributed by atoms with E-state index in [0.29, 0.717) is 0 Å². The second kappa shape index (κ2) is 3.02. The molecule has 9 heavy (non-hydrogen) atoms. The van der Waals surface area contributed by atoms with E-state index < -0.39 is 0 Å². The van der Waals surface area contributed by atoms with Crippen LogP contribution < -0.4 is 0 Å². The lowest BCUT2D eigenvalue weighted by Gasteiger charge is -2.23. The van der Waals surface area contributed by atoms with Gasteiger partial charge < -0.3 is 4.90 Å². The van der Waals surface area contributed by atoms with Crippen LogP contribution in [0.4, 0.5) is 0 Å². The van der Waals surface area contributed by atoms with Gasteiger partial charge >= 0.3 is 0 Å². The zero-order valence-corrected chi connectivity index (χ0v) is 6.06. The molecule has 0 spiro atoms. The number of nitrogens with zero attached hydrogens (tertiary/aromatic N) is 1. The molecule has 1 saturated heterocycles. The molecular weight excluding hydrogens is 110 g/mol. The molecule has 1 fully saturated rings. The van der Waals surface area contributed by atoms with Gasteiger partial charge in [0.15, 0.2) is 0 Å². The van der Waals surface area contributed by atoms with Gasteiger partial charge in [0.05, 0.1) is 0 Å². The minimum absolute atomic E-state index is 1.21. The first kappa shape index (κ1) is 6.81. The maximum atomic E-state index is 3.75. The van der Waals surface area contributed by atoms with Crippen LogP contribution in [0.1, 0.15) is 12.8 Å². The molecule has 1 rings (SSSR count). The van der Waals surface area contributed by atoms with Crippen molar-refractivity contribution < 1.29 is 0 Å². The highest BCUT2D eigenvalue weighted by Crippen LogP contribution is 2.13. The number of hydrogen-bond donors (Lipinski definition) is 0. The van der Waals surface area contributed by atoms with E-state index in [1.54, 1.807) is 0 Å². The molecule has 1 heteroatoms. The Morgan fingerprint density at radius 3 is 2.44 bits per heavy atom. The highest BCUT2D eigenvalue weighted by molar-refractivity contribution is 5.06. The standard InChI is InChI=1S/C8H14N/c1-3-8-4-6-9(2)7-5-8/h3H,1,4-7H2,2H3. The quantitative estimate of drug-likeness (QED) is 0.472. The van der Waals surface area contributed by atoms with Gasteiger partial charge in [-0.25, -0.2) is 0 Å². The van der Waals surface area contributed by atoms with Crippen molar-refractivity contribution in [3.05, 3.63) is 18.6 Å². The number of allylic oxidation sites excluding steroid dienone is 1. The van der Waals surface area contributed by atoms with Crippen molar-refractivity contribution in [2.75, 3.05) is 20.1 Å². The van der Waals surface area contributed by atoms with E-state index in [0.717, 1.165) is 0 Å². The van der Waals surface area contributed by atoms with Crippen molar-refractivity contribution in [2.24, 2.45) is 0 Å². The third-order valence-corrected chi connectivity index (χ3v) is 1.92. The second-order valence-corrected chi connectivity index (χ2v) is 2.67. The SMILES string of the molecule is [CH2]C=C1CCN(C)CC1. The first-order valence-electron chi connectivity index (χ1n) is 3.48. The van der Waals surface area contributed by atoms with Crippen LogP contribution in [0, 0.1) is 6.92 Å². The van der Waals surface area contributed by atoms with Gasteiger partial charge in [0.2, 0.25) is 0 Å². The van der Waals surface area contributed by atoms with E-state index in [1.807, 2.05) is 6.08 Å². The molecule has 0 aliphatic carbocycles. The van der Waals surface area contributed by atoms with E-state index in [-0.39, 0.29) is 0 Å². The summed E-state index contributed by atoms with van der Waals surface area (Å²) in [5.41, 5.74) is 1.52. The molecule has 51 valence electrons. The average Bonchev–Trinajstić information content (AvgIpc) is 1.90. The normalized spacial score (nSPS) is 22.2. The molecule has 0 N–H and O–H groups in total. The lowest BCUT2D eigenvalue weighted by Crippen LogP contribution is -2.26. The summed E-state index contributed by atoms with van der Waals surface area (Å²) in [6.07, 6.45) is 4.45. The second-order valence-electron chi connectivity index (χ2n) is 2.67. The van der Waals surface area contributed by atoms with Crippen molar-refractivity contribution in [1.29, 1.82) is 0 Å². The van der Waals surface area contributed by atoms with Gasteiger partial charge in [-0.3, -0.25) is 0 Å². The van der Waals surface area contributed by atoms with Crippen LogP contribution in [0.15, 0.2) is 11.6 Å². The molecule has 1 aliphatic heterocycles. The highest BCUT2D eigenvalue weighted by Gasteiger charge is 2.07. The Kier molecular flexibility index (Phi) is 2.29. The average molecular weight is 124 g/mol. The van der Waals surface area contributed by atoms with E-state index >= 15 is 0 Å². The van der Waals surface area contributed by atoms with Gasteiger partial charge in [0, 0.05) is 13.1 Å². The summed E-state index contributed by atoms with van der Waals surface area (Å²) in [6, 6.07) is 0. The molecule has 1 radical (unpaired) electrons. The predicted octanol–water partition coefficient (Wildman–Crippen LogP) is 1.47. The van der Waals surface area contributed by atoms with Crippen LogP contribution in [0.5, 0.6) is 0 Å². The van der Waals surface area contributed by atoms with E-state index in [1.165, 1.54) is 31.5 Å². The molecule has 0 atom stereocenters. The molecule has 0 saturated carbocycles. The molecule has 0 bridgehead atoms. The molecule has 1 heterocycles. The summed E-state index contributed by atoms with van der Waals surface area (Å²) >= 11 is 0. The van der Waals surface area contributed by atoms with Crippen LogP contribution in [0.2, 0.25) is 0 Å². The smallest absolute Gasteiger partial charge is 0.00157 e. The van der Waals surface area contributed by atoms with Gasteiger partial charge in [-0.15, -0.1) is 0 Å². The predicted molar refractivity (Wildman–Crippen MR) is 40.2 cm³/mol.